The van der Waals surface area contributed by atoms with Crippen LogP contribution in [0.1, 0.15) is 34.5 Å². The van der Waals surface area contributed by atoms with Crippen LogP contribution in [0.5, 0.6) is 0 Å². The summed E-state index contributed by atoms with van der Waals surface area (Å²) in [5, 5.41) is 3.54. The maximum atomic E-state index is 13.1. The van der Waals surface area contributed by atoms with Gasteiger partial charge in [0.2, 0.25) is 5.91 Å². The van der Waals surface area contributed by atoms with E-state index in [1.807, 2.05) is 24.3 Å². The molecule has 2 amide bonds. The summed E-state index contributed by atoms with van der Waals surface area (Å²) in [4.78, 5) is 34.9. The summed E-state index contributed by atoms with van der Waals surface area (Å²) < 4.78 is 0. The summed E-state index contributed by atoms with van der Waals surface area (Å²) in [6.45, 7) is 1.22. The van der Waals surface area contributed by atoms with Gasteiger partial charge in [0.15, 0.2) is 0 Å². The number of H-pyrrole nitrogens is 1. The molecule has 3 aromatic rings. The number of nitrogens with zero attached hydrogens (tertiary/aromatic N) is 2. The van der Waals surface area contributed by atoms with E-state index in [-0.39, 0.29) is 11.8 Å². The summed E-state index contributed by atoms with van der Waals surface area (Å²) in [6.07, 6.45) is 4.88. The fourth-order valence-corrected chi connectivity index (χ4v) is 4.09. The van der Waals surface area contributed by atoms with E-state index in [2.05, 4.69) is 15.3 Å². The van der Waals surface area contributed by atoms with Crippen molar-refractivity contribution in [2.75, 3.05) is 6.54 Å². The Morgan fingerprint density at radius 1 is 1.23 bits per heavy atom. The fraction of sp³-hybridized carbons (Fsp3) is 0.261. The molecule has 0 bridgehead atoms. The highest BCUT2D eigenvalue weighted by Crippen LogP contribution is 2.23. The first-order valence-corrected chi connectivity index (χ1v) is 10.6. The Balaban J connectivity index is 1.44. The van der Waals surface area contributed by atoms with Crippen LogP contribution in [-0.4, -0.2) is 39.3 Å². The average molecular weight is 438 g/mol. The number of aromatic nitrogens is 2. The van der Waals surface area contributed by atoms with Gasteiger partial charge in [0, 0.05) is 42.6 Å². The molecule has 1 atom stereocenters. The largest absolute Gasteiger partial charge is 0.357 e. The van der Waals surface area contributed by atoms with Crippen LogP contribution in [0.2, 0.25) is 5.02 Å². The smallest absolute Gasteiger partial charge is 0.270 e. The lowest BCUT2D eigenvalue weighted by atomic mass is 10.1. The number of nitrogens with two attached hydrogens (primary N) is 1. The molecule has 0 spiro atoms. The number of carbonyl (C=O) groups is 2. The van der Waals surface area contributed by atoms with Crippen LogP contribution in [0.15, 0.2) is 54.9 Å². The minimum atomic E-state index is -0.505. The lowest BCUT2D eigenvalue weighted by molar-refractivity contribution is -0.125. The number of likely N-dealkylation sites (tertiary alicyclic amines) is 1. The van der Waals surface area contributed by atoms with E-state index in [1.54, 1.807) is 35.5 Å². The first-order chi connectivity index (χ1) is 15.1. The van der Waals surface area contributed by atoms with Crippen molar-refractivity contribution < 1.29 is 9.59 Å². The third kappa shape index (κ3) is 4.62. The molecule has 1 saturated heterocycles. The van der Waals surface area contributed by atoms with Crippen molar-refractivity contribution in [2.24, 2.45) is 5.73 Å². The molecular formula is C23H24ClN5O2. The highest BCUT2D eigenvalue weighted by atomic mass is 35.5. The number of hydrogen-bond acceptors (Lipinski definition) is 4. The Kier molecular flexibility index (Phi) is 6.34. The number of carbonyl (C=O) groups excluding carboxylic acids is 2. The molecule has 31 heavy (non-hydrogen) atoms. The van der Waals surface area contributed by atoms with Crippen molar-refractivity contribution in [1.82, 2.24) is 20.2 Å². The fourth-order valence-electron chi connectivity index (χ4n) is 3.89. The molecule has 8 heteroatoms. The Bertz CT molecular complexity index is 1080. The number of pyridine rings is 1. The number of halogens is 1. The van der Waals surface area contributed by atoms with Gasteiger partial charge >= 0.3 is 0 Å². The molecule has 7 nitrogen and oxygen atoms in total. The standard InChI is InChI=1S/C23H24ClN5O2/c24-18-7-6-15(12-25)16(10-18)13-28-22(30)21-5-3-9-29(21)23(31)20-11-17(14-27-20)19-4-1-2-8-26-19/h1-2,4,6-8,10-11,14,21,27H,3,5,9,12-13,25H2,(H,28,30)/t21-/m0/s1. The number of amides is 2. The van der Waals surface area contributed by atoms with Crippen molar-refractivity contribution in [3.63, 3.8) is 0 Å². The first kappa shape index (κ1) is 21.1. The van der Waals surface area contributed by atoms with Crippen molar-refractivity contribution in [3.8, 4) is 11.3 Å². The average Bonchev–Trinajstić information content (AvgIpc) is 3.48. The zero-order valence-electron chi connectivity index (χ0n) is 17.0. The summed E-state index contributed by atoms with van der Waals surface area (Å²) in [5.41, 5.74) is 9.65. The highest BCUT2D eigenvalue weighted by molar-refractivity contribution is 6.30. The molecule has 3 heterocycles. The van der Waals surface area contributed by atoms with E-state index in [4.69, 9.17) is 17.3 Å². The highest BCUT2D eigenvalue weighted by Gasteiger charge is 2.35. The maximum absolute atomic E-state index is 13.1. The monoisotopic (exact) mass is 437 g/mol. The lowest BCUT2D eigenvalue weighted by Gasteiger charge is -2.23. The van der Waals surface area contributed by atoms with E-state index in [0.717, 1.165) is 28.8 Å². The number of rotatable bonds is 6. The van der Waals surface area contributed by atoms with Crippen molar-refractivity contribution >= 4 is 23.4 Å². The van der Waals surface area contributed by atoms with Gasteiger partial charge in [-0.1, -0.05) is 23.7 Å². The molecule has 1 aromatic carbocycles. The zero-order valence-corrected chi connectivity index (χ0v) is 17.7. The van der Waals surface area contributed by atoms with E-state index in [9.17, 15) is 9.59 Å². The van der Waals surface area contributed by atoms with Gasteiger partial charge in [0.25, 0.3) is 5.91 Å². The Morgan fingerprint density at radius 3 is 2.87 bits per heavy atom. The Morgan fingerprint density at radius 2 is 2.10 bits per heavy atom. The molecule has 4 rings (SSSR count). The van der Waals surface area contributed by atoms with Gasteiger partial charge in [-0.05, 0) is 54.3 Å². The molecule has 160 valence electrons. The minimum Gasteiger partial charge on any atom is -0.357 e. The minimum absolute atomic E-state index is 0.176. The van der Waals surface area contributed by atoms with Gasteiger partial charge in [0.1, 0.15) is 11.7 Å². The summed E-state index contributed by atoms with van der Waals surface area (Å²) in [6, 6.07) is 12.3. The van der Waals surface area contributed by atoms with Crippen LogP contribution >= 0.6 is 11.6 Å². The molecular weight excluding hydrogens is 414 g/mol. The predicted octanol–water partition coefficient (Wildman–Crippen LogP) is 3.11. The second kappa shape index (κ2) is 9.32. The van der Waals surface area contributed by atoms with Gasteiger partial charge in [-0.25, -0.2) is 0 Å². The van der Waals surface area contributed by atoms with Gasteiger partial charge < -0.3 is 20.9 Å². The SMILES string of the molecule is NCc1ccc(Cl)cc1CNC(=O)[C@@H]1CCCN1C(=O)c1cc(-c2ccccn2)c[nH]1. The normalized spacial score (nSPS) is 15.8. The van der Waals surface area contributed by atoms with E-state index in [1.165, 1.54) is 0 Å². The second-order valence-corrected chi connectivity index (χ2v) is 7.94. The first-order valence-electron chi connectivity index (χ1n) is 10.2. The molecule has 1 aliphatic heterocycles. The van der Waals surface area contributed by atoms with Gasteiger partial charge in [-0.15, -0.1) is 0 Å². The molecule has 4 N–H and O–H groups in total. The van der Waals surface area contributed by atoms with E-state index in [0.29, 0.717) is 36.8 Å². The van der Waals surface area contributed by atoms with Crippen LogP contribution in [0.25, 0.3) is 11.3 Å². The molecule has 2 aromatic heterocycles. The van der Waals surface area contributed by atoms with Crippen molar-refractivity contribution in [1.29, 1.82) is 0 Å². The maximum Gasteiger partial charge on any atom is 0.270 e. The Hall–Kier alpha value is -3.16. The molecule has 0 saturated carbocycles. The van der Waals surface area contributed by atoms with E-state index >= 15 is 0 Å². The quantitative estimate of drug-likeness (QED) is 0.551. The molecule has 0 unspecified atom stereocenters. The summed E-state index contributed by atoms with van der Waals surface area (Å²) in [7, 11) is 0. The van der Waals surface area contributed by atoms with Crippen molar-refractivity contribution in [3.05, 3.63) is 76.7 Å². The lowest BCUT2D eigenvalue weighted by Crippen LogP contribution is -2.45. The van der Waals surface area contributed by atoms with Gasteiger partial charge in [0.05, 0.1) is 5.69 Å². The van der Waals surface area contributed by atoms with Gasteiger partial charge in [-0.3, -0.25) is 14.6 Å². The predicted molar refractivity (Wildman–Crippen MR) is 119 cm³/mol. The molecule has 1 fully saturated rings. The number of aromatic amines is 1. The number of hydrogen-bond donors (Lipinski definition) is 3. The molecule has 0 radical (unpaired) electrons. The number of nitrogens with one attached hydrogen (secondary N) is 2. The van der Waals surface area contributed by atoms with Crippen LogP contribution in [-0.2, 0) is 17.9 Å². The summed E-state index contributed by atoms with van der Waals surface area (Å²) in [5.74, 6) is -0.365. The topological polar surface area (TPSA) is 104 Å². The van der Waals surface area contributed by atoms with E-state index < -0.39 is 6.04 Å². The second-order valence-electron chi connectivity index (χ2n) is 7.51. The third-order valence-corrected chi connectivity index (χ3v) is 5.77. The summed E-state index contributed by atoms with van der Waals surface area (Å²) >= 11 is 6.08. The number of benzene rings is 1. The van der Waals surface area contributed by atoms with Crippen LogP contribution in [0, 0.1) is 0 Å². The molecule has 0 aliphatic carbocycles. The van der Waals surface area contributed by atoms with Crippen LogP contribution in [0.3, 0.4) is 0 Å². The Labute approximate surface area is 185 Å². The van der Waals surface area contributed by atoms with Crippen LogP contribution < -0.4 is 11.1 Å². The van der Waals surface area contributed by atoms with Crippen molar-refractivity contribution in [2.45, 2.75) is 32.0 Å². The van der Waals surface area contributed by atoms with Crippen LogP contribution in [0.4, 0.5) is 0 Å². The zero-order chi connectivity index (χ0) is 21.8. The van der Waals surface area contributed by atoms with Gasteiger partial charge in [-0.2, -0.15) is 0 Å². The molecule has 1 aliphatic rings. The third-order valence-electron chi connectivity index (χ3n) is 5.53.